The van der Waals surface area contributed by atoms with Crippen molar-refractivity contribution in [3.63, 3.8) is 0 Å². The summed E-state index contributed by atoms with van der Waals surface area (Å²) in [6.07, 6.45) is -1.38. The molecule has 0 bridgehead atoms. The van der Waals surface area contributed by atoms with Gasteiger partial charge in [0.05, 0.1) is 31.9 Å². The van der Waals surface area contributed by atoms with E-state index in [1.165, 1.54) is 16.9 Å². The SMILES string of the molecule is CC(=O)NC[C@H]1CN(c2cc(F)c(N3CCON(C(=O)c4ccccc4)CC3)c(F)c2)C(=O)O1. The molecule has 2 heterocycles. The third kappa shape index (κ3) is 5.09. The third-order valence-electron chi connectivity index (χ3n) is 5.51. The lowest BCUT2D eigenvalue weighted by Crippen LogP contribution is -2.35. The summed E-state index contributed by atoms with van der Waals surface area (Å²) < 4.78 is 35.2. The molecular weight excluding hydrogens is 450 g/mol. The van der Waals surface area contributed by atoms with Crippen LogP contribution < -0.4 is 15.1 Å². The van der Waals surface area contributed by atoms with E-state index in [0.717, 1.165) is 17.0 Å². The van der Waals surface area contributed by atoms with Gasteiger partial charge in [0, 0.05) is 37.7 Å². The Morgan fingerprint density at radius 2 is 1.79 bits per heavy atom. The number of hydroxylamine groups is 2. The van der Waals surface area contributed by atoms with Crippen molar-refractivity contribution in [2.45, 2.75) is 13.0 Å². The van der Waals surface area contributed by atoms with E-state index >= 15 is 8.78 Å². The fourth-order valence-corrected chi connectivity index (χ4v) is 3.86. The first kappa shape index (κ1) is 23.4. The molecule has 2 fully saturated rings. The number of rotatable bonds is 5. The van der Waals surface area contributed by atoms with Gasteiger partial charge < -0.3 is 15.0 Å². The predicted octanol–water partition coefficient (Wildman–Crippen LogP) is 2.32. The molecule has 2 aliphatic heterocycles. The average Bonchev–Trinajstić information content (AvgIpc) is 3.02. The number of benzene rings is 2. The minimum Gasteiger partial charge on any atom is -0.442 e. The highest BCUT2D eigenvalue weighted by Gasteiger charge is 2.34. The lowest BCUT2D eigenvalue weighted by molar-refractivity contribution is -0.119. The van der Waals surface area contributed by atoms with E-state index in [-0.39, 0.29) is 62.5 Å². The minimum absolute atomic E-state index is 0.0148. The number of hydrogen-bond acceptors (Lipinski definition) is 6. The monoisotopic (exact) mass is 474 g/mol. The number of carbonyl (C=O) groups is 3. The molecule has 0 saturated carbocycles. The molecule has 3 amide bonds. The molecule has 2 aromatic rings. The number of anilines is 2. The van der Waals surface area contributed by atoms with Gasteiger partial charge in [0.1, 0.15) is 11.8 Å². The van der Waals surface area contributed by atoms with Crippen LogP contribution in [-0.4, -0.2) is 68.4 Å². The topological polar surface area (TPSA) is 91.4 Å². The molecule has 4 rings (SSSR count). The maximum absolute atomic E-state index is 15.0. The maximum atomic E-state index is 15.0. The zero-order valence-electron chi connectivity index (χ0n) is 18.5. The Hall–Kier alpha value is -3.73. The summed E-state index contributed by atoms with van der Waals surface area (Å²) in [7, 11) is 0. The maximum Gasteiger partial charge on any atom is 0.414 e. The number of cyclic esters (lactones) is 1. The smallest absolute Gasteiger partial charge is 0.414 e. The van der Waals surface area contributed by atoms with Crippen LogP contribution in [0, 0.1) is 11.6 Å². The summed E-state index contributed by atoms with van der Waals surface area (Å²) in [6, 6.07) is 10.7. The van der Waals surface area contributed by atoms with Crippen LogP contribution in [0.15, 0.2) is 42.5 Å². The van der Waals surface area contributed by atoms with Gasteiger partial charge in [-0.2, -0.15) is 0 Å². The van der Waals surface area contributed by atoms with Crippen molar-refractivity contribution in [3.8, 4) is 0 Å². The lowest BCUT2D eigenvalue weighted by Gasteiger charge is -2.24. The number of nitrogens with one attached hydrogen (secondary N) is 1. The van der Waals surface area contributed by atoms with Crippen molar-refractivity contribution < 1.29 is 32.7 Å². The molecule has 2 aliphatic rings. The van der Waals surface area contributed by atoms with Crippen molar-refractivity contribution in [3.05, 3.63) is 59.7 Å². The number of carbonyl (C=O) groups excluding carboxylic acids is 3. The first-order valence-corrected chi connectivity index (χ1v) is 10.8. The fraction of sp³-hybridized carbons (Fsp3) is 0.348. The second-order valence-electron chi connectivity index (χ2n) is 7.91. The minimum atomic E-state index is -0.851. The highest BCUT2D eigenvalue weighted by atomic mass is 19.1. The molecule has 1 N–H and O–H groups in total. The van der Waals surface area contributed by atoms with Gasteiger partial charge in [-0.15, -0.1) is 0 Å². The standard InChI is InChI=1S/C23H24F2N4O5/c1-15(30)26-13-18-14-28(23(32)34-18)17-11-19(24)21(20(25)12-17)27-7-8-29(33-10-9-27)22(31)16-5-3-2-4-6-16/h2-6,11-12,18H,7-10,13-14H2,1H3,(H,26,30)/t18-/m0/s1. The van der Waals surface area contributed by atoms with Crippen LogP contribution >= 0.6 is 0 Å². The largest absolute Gasteiger partial charge is 0.442 e. The fourth-order valence-electron chi connectivity index (χ4n) is 3.86. The quantitative estimate of drug-likeness (QED) is 0.715. The Morgan fingerprint density at radius 1 is 1.09 bits per heavy atom. The first-order chi connectivity index (χ1) is 16.3. The first-order valence-electron chi connectivity index (χ1n) is 10.8. The number of nitrogens with zero attached hydrogens (tertiary/aromatic N) is 3. The van der Waals surface area contributed by atoms with Crippen LogP contribution in [0.1, 0.15) is 17.3 Å². The van der Waals surface area contributed by atoms with Gasteiger partial charge >= 0.3 is 6.09 Å². The molecule has 2 aromatic carbocycles. The Morgan fingerprint density at radius 3 is 2.47 bits per heavy atom. The Bertz CT molecular complexity index is 1060. The van der Waals surface area contributed by atoms with Gasteiger partial charge in [-0.25, -0.2) is 18.6 Å². The third-order valence-corrected chi connectivity index (χ3v) is 5.51. The molecular formula is C23H24F2N4O5. The van der Waals surface area contributed by atoms with Crippen molar-refractivity contribution in [1.82, 2.24) is 10.4 Å². The van der Waals surface area contributed by atoms with Crippen LogP contribution in [0.4, 0.5) is 25.0 Å². The highest BCUT2D eigenvalue weighted by molar-refractivity contribution is 5.93. The Kier molecular flexibility index (Phi) is 6.92. The van der Waals surface area contributed by atoms with E-state index in [0.29, 0.717) is 5.56 Å². The number of hydrogen-bond donors (Lipinski definition) is 1. The molecule has 1 atom stereocenters. The van der Waals surface area contributed by atoms with E-state index in [4.69, 9.17) is 9.57 Å². The van der Waals surface area contributed by atoms with E-state index in [1.54, 1.807) is 30.3 Å². The normalized spacial score (nSPS) is 18.5. The summed E-state index contributed by atoms with van der Waals surface area (Å²) in [6.45, 7) is 1.97. The number of ether oxygens (including phenoxy) is 1. The summed E-state index contributed by atoms with van der Waals surface area (Å²) in [5.41, 5.74) is 0.205. The van der Waals surface area contributed by atoms with Gasteiger partial charge in [0.15, 0.2) is 11.6 Å². The van der Waals surface area contributed by atoms with Crippen molar-refractivity contribution in [1.29, 1.82) is 0 Å². The molecule has 0 spiro atoms. The van der Waals surface area contributed by atoms with E-state index in [2.05, 4.69) is 5.32 Å². The van der Waals surface area contributed by atoms with Crippen LogP contribution in [0.3, 0.4) is 0 Å². The van der Waals surface area contributed by atoms with Crippen molar-refractivity contribution >= 4 is 29.3 Å². The summed E-state index contributed by atoms with van der Waals surface area (Å²) >= 11 is 0. The average molecular weight is 474 g/mol. The summed E-state index contributed by atoms with van der Waals surface area (Å²) in [5, 5.41) is 3.73. The Balaban J connectivity index is 1.45. The molecule has 2 saturated heterocycles. The molecule has 9 nitrogen and oxygen atoms in total. The van der Waals surface area contributed by atoms with Crippen molar-refractivity contribution in [2.24, 2.45) is 0 Å². The molecule has 0 radical (unpaired) electrons. The predicted molar refractivity (Wildman–Crippen MR) is 118 cm³/mol. The van der Waals surface area contributed by atoms with Gasteiger partial charge in [0.25, 0.3) is 5.91 Å². The summed E-state index contributed by atoms with van der Waals surface area (Å²) in [5.74, 6) is -2.31. The van der Waals surface area contributed by atoms with Crippen LogP contribution in [0.5, 0.6) is 0 Å². The van der Waals surface area contributed by atoms with Crippen LogP contribution in [-0.2, 0) is 14.4 Å². The lowest BCUT2D eigenvalue weighted by atomic mass is 10.2. The number of amides is 3. The van der Waals surface area contributed by atoms with Crippen LogP contribution in [0.25, 0.3) is 0 Å². The van der Waals surface area contributed by atoms with E-state index in [9.17, 15) is 14.4 Å². The zero-order valence-corrected chi connectivity index (χ0v) is 18.5. The van der Waals surface area contributed by atoms with Gasteiger partial charge in [-0.05, 0) is 12.1 Å². The second kappa shape index (κ2) is 10.0. The van der Waals surface area contributed by atoms with E-state index < -0.39 is 23.8 Å². The van der Waals surface area contributed by atoms with Gasteiger partial charge in [0.2, 0.25) is 5.91 Å². The molecule has 0 unspecified atom stereocenters. The Labute approximate surface area is 194 Å². The summed E-state index contributed by atoms with van der Waals surface area (Å²) in [4.78, 5) is 44.0. The molecule has 34 heavy (non-hydrogen) atoms. The molecule has 180 valence electrons. The second-order valence-corrected chi connectivity index (χ2v) is 7.91. The van der Waals surface area contributed by atoms with Gasteiger partial charge in [-0.3, -0.25) is 19.3 Å². The zero-order chi connectivity index (χ0) is 24.2. The molecule has 0 aromatic heterocycles. The van der Waals surface area contributed by atoms with Gasteiger partial charge in [-0.1, -0.05) is 18.2 Å². The number of halogens is 2. The molecule has 11 heteroatoms. The molecule has 0 aliphatic carbocycles. The van der Waals surface area contributed by atoms with E-state index in [1.807, 2.05) is 0 Å². The van der Waals surface area contributed by atoms with Crippen molar-refractivity contribution in [2.75, 3.05) is 49.1 Å². The van der Waals surface area contributed by atoms with Crippen LogP contribution in [0.2, 0.25) is 0 Å². The highest BCUT2D eigenvalue weighted by Crippen LogP contribution is 2.31.